The molecule has 1 aromatic rings. The molecule has 0 atom stereocenters. The standard InChI is InChI=1S/C8H8.C4H7NO2/c1-2-8-6-4-3-5-7-8;1-2-3-7-4(5)6/h2-7H,1H2;2H,1,3H2,(H2,5,6). The maximum absolute atomic E-state index is 9.71. The SMILES string of the molecule is C=CCOC(N)=O.C=Cc1ccccc1. The van der Waals surface area contributed by atoms with Gasteiger partial charge in [0.15, 0.2) is 0 Å². The van der Waals surface area contributed by atoms with E-state index in [9.17, 15) is 4.79 Å². The van der Waals surface area contributed by atoms with E-state index >= 15 is 0 Å². The number of amides is 1. The Balaban J connectivity index is 0.000000265. The van der Waals surface area contributed by atoms with E-state index in [-0.39, 0.29) is 6.61 Å². The van der Waals surface area contributed by atoms with Crippen LogP contribution in [-0.4, -0.2) is 12.7 Å². The van der Waals surface area contributed by atoms with Crippen molar-refractivity contribution in [1.82, 2.24) is 0 Å². The van der Waals surface area contributed by atoms with Crippen molar-refractivity contribution in [3.63, 3.8) is 0 Å². The van der Waals surface area contributed by atoms with Gasteiger partial charge in [0, 0.05) is 0 Å². The summed E-state index contributed by atoms with van der Waals surface area (Å²) < 4.78 is 4.21. The van der Waals surface area contributed by atoms with Gasteiger partial charge in [-0.1, -0.05) is 55.6 Å². The van der Waals surface area contributed by atoms with Crippen molar-refractivity contribution in [3.05, 3.63) is 55.1 Å². The Hall–Kier alpha value is -2.03. The summed E-state index contributed by atoms with van der Waals surface area (Å²) in [4.78, 5) is 9.71. The topological polar surface area (TPSA) is 52.3 Å². The molecule has 2 N–H and O–H groups in total. The Kier molecular flexibility index (Phi) is 7.40. The second-order valence-corrected chi connectivity index (χ2v) is 2.53. The third-order valence-electron chi connectivity index (χ3n) is 1.38. The highest BCUT2D eigenvalue weighted by Gasteiger charge is 1.84. The van der Waals surface area contributed by atoms with E-state index in [2.05, 4.69) is 23.6 Å². The first-order valence-corrected chi connectivity index (χ1v) is 4.41. The first kappa shape index (κ1) is 13.0. The maximum Gasteiger partial charge on any atom is 0.404 e. The number of nitrogens with two attached hydrogens (primary N) is 1. The molecule has 1 aromatic carbocycles. The minimum atomic E-state index is -0.764. The lowest BCUT2D eigenvalue weighted by Gasteiger charge is -1.90. The second-order valence-electron chi connectivity index (χ2n) is 2.53. The van der Waals surface area contributed by atoms with E-state index in [0.717, 1.165) is 0 Å². The van der Waals surface area contributed by atoms with Crippen molar-refractivity contribution in [2.24, 2.45) is 5.73 Å². The van der Waals surface area contributed by atoms with Gasteiger partial charge in [-0.05, 0) is 5.56 Å². The van der Waals surface area contributed by atoms with Gasteiger partial charge < -0.3 is 10.5 Å². The van der Waals surface area contributed by atoms with Crippen LogP contribution in [0.5, 0.6) is 0 Å². The van der Waals surface area contributed by atoms with Crippen molar-refractivity contribution in [1.29, 1.82) is 0 Å². The molecule has 0 saturated heterocycles. The third-order valence-corrected chi connectivity index (χ3v) is 1.38. The predicted octanol–water partition coefficient (Wildman–Crippen LogP) is 2.60. The quantitative estimate of drug-likeness (QED) is 0.771. The normalized spacial score (nSPS) is 8.00. The van der Waals surface area contributed by atoms with Gasteiger partial charge in [-0.2, -0.15) is 0 Å². The van der Waals surface area contributed by atoms with Crippen LogP contribution in [0.3, 0.4) is 0 Å². The Labute approximate surface area is 89.9 Å². The zero-order valence-corrected chi connectivity index (χ0v) is 8.56. The predicted molar refractivity (Wildman–Crippen MR) is 62.3 cm³/mol. The fourth-order valence-corrected chi connectivity index (χ4v) is 0.730. The molecule has 0 unspecified atom stereocenters. The minimum Gasteiger partial charge on any atom is -0.445 e. The maximum atomic E-state index is 9.71. The largest absolute Gasteiger partial charge is 0.445 e. The van der Waals surface area contributed by atoms with E-state index in [4.69, 9.17) is 0 Å². The highest BCUT2D eigenvalue weighted by atomic mass is 16.5. The molecule has 3 nitrogen and oxygen atoms in total. The molecule has 1 amide bonds. The number of hydrogen-bond acceptors (Lipinski definition) is 2. The van der Waals surface area contributed by atoms with Crippen LogP contribution in [0.4, 0.5) is 4.79 Å². The molecule has 0 heterocycles. The lowest BCUT2D eigenvalue weighted by atomic mass is 10.2. The highest BCUT2D eigenvalue weighted by Crippen LogP contribution is 1.97. The van der Waals surface area contributed by atoms with E-state index in [1.165, 1.54) is 11.6 Å². The number of carbonyl (C=O) groups excluding carboxylic acids is 1. The van der Waals surface area contributed by atoms with Gasteiger partial charge >= 0.3 is 6.09 Å². The highest BCUT2D eigenvalue weighted by molar-refractivity contribution is 5.64. The summed E-state index contributed by atoms with van der Waals surface area (Å²) in [5.41, 5.74) is 5.74. The third kappa shape index (κ3) is 8.30. The van der Waals surface area contributed by atoms with E-state index in [1.54, 1.807) is 0 Å². The lowest BCUT2D eigenvalue weighted by molar-refractivity contribution is 0.169. The zero-order valence-electron chi connectivity index (χ0n) is 8.56. The van der Waals surface area contributed by atoms with Crippen LogP contribution in [0.2, 0.25) is 0 Å². The van der Waals surface area contributed by atoms with E-state index < -0.39 is 6.09 Å². The average Bonchev–Trinajstić information content (AvgIpc) is 2.28. The number of carbonyl (C=O) groups is 1. The Morgan fingerprint density at radius 3 is 2.20 bits per heavy atom. The smallest absolute Gasteiger partial charge is 0.404 e. The summed E-state index contributed by atoms with van der Waals surface area (Å²) in [7, 11) is 0. The molecule has 0 aliphatic carbocycles. The molecule has 0 radical (unpaired) electrons. The number of rotatable bonds is 3. The van der Waals surface area contributed by atoms with Crippen molar-refractivity contribution in [2.45, 2.75) is 0 Å². The number of ether oxygens (including phenoxy) is 1. The molecule has 15 heavy (non-hydrogen) atoms. The van der Waals surface area contributed by atoms with Crippen LogP contribution in [0, 0.1) is 0 Å². The van der Waals surface area contributed by atoms with Crippen molar-refractivity contribution >= 4 is 12.2 Å². The first-order chi connectivity index (χ1) is 7.20. The van der Waals surface area contributed by atoms with Gasteiger partial charge in [0.2, 0.25) is 0 Å². The van der Waals surface area contributed by atoms with Crippen molar-refractivity contribution in [3.8, 4) is 0 Å². The van der Waals surface area contributed by atoms with E-state index in [0.29, 0.717) is 0 Å². The van der Waals surface area contributed by atoms with Gasteiger partial charge in [-0.15, -0.1) is 0 Å². The summed E-state index contributed by atoms with van der Waals surface area (Å²) in [6, 6.07) is 10.0. The van der Waals surface area contributed by atoms with Gasteiger partial charge in [0.25, 0.3) is 0 Å². The molecule has 0 saturated carbocycles. The van der Waals surface area contributed by atoms with Crippen molar-refractivity contribution in [2.75, 3.05) is 6.61 Å². The number of primary amides is 1. The number of hydrogen-bond donors (Lipinski definition) is 1. The average molecular weight is 205 g/mol. The Morgan fingerprint density at radius 2 is 1.93 bits per heavy atom. The number of benzene rings is 1. The molecule has 3 heteroatoms. The van der Waals surface area contributed by atoms with Gasteiger partial charge in [-0.25, -0.2) is 4.79 Å². The molecule has 0 aliphatic rings. The molecular weight excluding hydrogens is 190 g/mol. The second kappa shape index (κ2) is 8.56. The molecule has 0 fully saturated rings. The van der Waals surface area contributed by atoms with Crippen LogP contribution in [0.25, 0.3) is 6.08 Å². The van der Waals surface area contributed by atoms with E-state index in [1.807, 2.05) is 36.4 Å². The minimum absolute atomic E-state index is 0.190. The molecule has 0 aromatic heterocycles. The van der Waals surface area contributed by atoms with Gasteiger partial charge in [0.05, 0.1) is 0 Å². The van der Waals surface area contributed by atoms with Gasteiger partial charge in [-0.3, -0.25) is 0 Å². The fourth-order valence-electron chi connectivity index (χ4n) is 0.730. The van der Waals surface area contributed by atoms with Crippen LogP contribution in [-0.2, 0) is 4.74 Å². The lowest BCUT2D eigenvalue weighted by Crippen LogP contribution is -2.12. The van der Waals surface area contributed by atoms with Crippen LogP contribution < -0.4 is 5.73 Å². The first-order valence-electron chi connectivity index (χ1n) is 4.41. The summed E-state index contributed by atoms with van der Waals surface area (Å²) >= 11 is 0. The monoisotopic (exact) mass is 205 g/mol. The van der Waals surface area contributed by atoms with Crippen LogP contribution in [0.15, 0.2) is 49.6 Å². The van der Waals surface area contributed by atoms with Crippen molar-refractivity contribution < 1.29 is 9.53 Å². The summed E-state index contributed by atoms with van der Waals surface area (Å²) in [5, 5.41) is 0. The summed E-state index contributed by atoms with van der Waals surface area (Å²) in [6.07, 6.45) is 2.52. The molecule has 0 spiro atoms. The zero-order chi connectivity index (χ0) is 11.5. The summed E-state index contributed by atoms with van der Waals surface area (Å²) in [5.74, 6) is 0. The molecular formula is C12H15NO2. The molecule has 80 valence electrons. The fraction of sp³-hybridized carbons (Fsp3) is 0.0833. The Morgan fingerprint density at radius 1 is 1.33 bits per heavy atom. The molecule has 0 aliphatic heterocycles. The summed E-state index contributed by atoms with van der Waals surface area (Å²) in [6.45, 7) is 7.12. The van der Waals surface area contributed by atoms with Crippen LogP contribution >= 0.6 is 0 Å². The Bertz CT molecular complexity index is 307. The molecule has 0 bridgehead atoms. The van der Waals surface area contributed by atoms with Crippen LogP contribution in [0.1, 0.15) is 5.56 Å². The van der Waals surface area contributed by atoms with Gasteiger partial charge in [0.1, 0.15) is 6.61 Å². The molecule has 1 rings (SSSR count).